The van der Waals surface area contributed by atoms with E-state index in [1.165, 1.54) is 50.3 Å². The topological polar surface area (TPSA) is 157 Å². The quantitative estimate of drug-likeness (QED) is 0.312. The number of nitrogens with one attached hydrogen (secondary N) is 2. The second-order valence-electron chi connectivity index (χ2n) is 10.1. The van der Waals surface area contributed by atoms with Gasteiger partial charge in [-0.15, -0.1) is 0 Å². The lowest BCUT2D eigenvalue weighted by atomic mass is 10.00. The van der Waals surface area contributed by atoms with Crippen molar-refractivity contribution in [1.82, 2.24) is 4.90 Å². The minimum absolute atomic E-state index is 0.0298. The predicted octanol–water partition coefficient (Wildman–Crippen LogP) is 3.82. The normalized spacial score (nSPS) is 15.5. The first-order valence-electron chi connectivity index (χ1n) is 13.3. The first-order valence-corrected chi connectivity index (χ1v) is 15.2. The molecule has 2 atom stereocenters. The molecule has 3 amide bonds. The van der Waals surface area contributed by atoms with Crippen LogP contribution in [0.3, 0.4) is 0 Å². The molecule has 0 aromatic heterocycles. The fourth-order valence-electron chi connectivity index (χ4n) is 5.21. The number of halogens is 1. The average molecular weight is 613 g/mol. The molecule has 4 N–H and O–H groups in total. The molecule has 3 aromatic carbocycles. The van der Waals surface area contributed by atoms with Crippen LogP contribution in [-0.4, -0.2) is 58.1 Å². The van der Waals surface area contributed by atoms with Crippen LogP contribution in [0.1, 0.15) is 53.3 Å². The van der Waals surface area contributed by atoms with E-state index >= 15 is 4.39 Å². The zero-order valence-electron chi connectivity index (χ0n) is 24.1. The Balaban J connectivity index is 1.83. The zero-order chi connectivity index (χ0) is 31.5. The number of nitrogens with two attached hydrogens (primary N) is 1. The number of carbonyl (C=O) groups is 3. The van der Waals surface area contributed by atoms with Gasteiger partial charge in [0.15, 0.2) is 21.3 Å². The lowest BCUT2D eigenvalue weighted by Crippen LogP contribution is -2.38. The van der Waals surface area contributed by atoms with Crippen LogP contribution in [0.5, 0.6) is 11.5 Å². The predicted molar refractivity (Wildman–Crippen MR) is 158 cm³/mol. The summed E-state index contributed by atoms with van der Waals surface area (Å²) < 4.78 is 51.3. The van der Waals surface area contributed by atoms with Gasteiger partial charge in [0.1, 0.15) is 11.9 Å². The summed E-state index contributed by atoms with van der Waals surface area (Å²) >= 11 is 0. The maximum atomic E-state index is 15.0. The molecule has 1 aliphatic heterocycles. The van der Waals surface area contributed by atoms with Gasteiger partial charge in [-0.1, -0.05) is 6.07 Å². The van der Waals surface area contributed by atoms with Gasteiger partial charge >= 0.3 is 0 Å². The van der Waals surface area contributed by atoms with Crippen LogP contribution in [0.2, 0.25) is 0 Å². The van der Waals surface area contributed by atoms with E-state index in [1.54, 1.807) is 24.3 Å². The van der Waals surface area contributed by atoms with Gasteiger partial charge in [0.2, 0.25) is 17.7 Å². The average Bonchev–Trinajstić information content (AvgIpc) is 3.45. The highest BCUT2D eigenvalue weighted by molar-refractivity contribution is 7.90. The van der Waals surface area contributed by atoms with Crippen LogP contribution in [0.4, 0.5) is 15.8 Å². The van der Waals surface area contributed by atoms with Gasteiger partial charge in [-0.05, 0) is 72.5 Å². The number of amides is 3. The van der Waals surface area contributed by atoms with Crippen LogP contribution >= 0.6 is 0 Å². The molecule has 0 spiro atoms. The molecule has 228 valence electrons. The Labute approximate surface area is 249 Å². The third kappa shape index (κ3) is 6.88. The van der Waals surface area contributed by atoms with Crippen molar-refractivity contribution >= 4 is 38.9 Å². The number of hydrogen-bond donors (Lipinski definition) is 3. The number of rotatable bonds is 10. The molecule has 0 aliphatic carbocycles. The summed E-state index contributed by atoms with van der Waals surface area (Å²) in [6.45, 7) is 1.62. The molecular formula is C30H33FN4O7S. The number of benzene rings is 3. The molecule has 1 saturated heterocycles. The van der Waals surface area contributed by atoms with E-state index in [2.05, 4.69) is 10.6 Å². The Morgan fingerprint density at radius 2 is 1.74 bits per heavy atom. The van der Waals surface area contributed by atoms with E-state index in [0.717, 1.165) is 12.3 Å². The third-order valence-electron chi connectivity index (χ3n) is 7.16. The maximum Gasteiger partial charge on any atom is 0.250 e. The highest BCUT2D eigenvalue weighted by Crippen LogP contribution is 2.40. The van der Waals surface area contributed by atoms with Crippen LogP contribution in [0.25, 0.3) is 0 Å². The molecule has 0 bridgehead atoms. The van der Waals surface area contributed by atoms with Crippen molar-refractivity contribution in [3.05, 3.63) is 77.1 Å². The summed E-state index contributed by atoms with van der Waals surface area (Å²) in [6, 6.07) is 10.9. The third-order valence-corrected chi connectivity index (χ3v) is 8.33. The summed E-state index contributed by atoms with van der Waals surface area (Å²) in [5.41, 5.74) is 6.44. The number of hydrogen-bond acceptors (Lipinski definition) is 8. The summed E-state index contributed by atoms with van der Waals surface area (Å²) in [7, 11) is -0.809. The molecule has 1 heterocycles. The van der Waals surface area contributed by atoms with E-state index in [4.69, 9.17) is 15.2 Å². The largest absolute Gasteiger partial charge is 0.493 e. The Kier molecular flexibility index (Phi) is 9.24. The smallest absolute Gasteiger partial charge is 0.250 e. The van der Waals surface area contributed by atoms with Crippen LogP contribution < -0.4 is 25.8 Å². The van der Waals surface area contributed by atoms with Gasteiger partial charge in [0, 0.05) is 31.0 Å². The number of likely N-dealkylation sites (tertiary alicyclic amines) is 1. The summed E-state index contributed by atoms with van der Waals surface area (Å²) in [5.74, 6) is -1.58. The minimum atomic E-state index is -3.71. The van der Waals surface area contributed by atoms with Crippen molar-refractivity contribution in [2.75, 3.05) is 37.7 Å². The highest BCUT2D eigenvalue weighted by Gasteiger charge is 2.37. The molecule has 43 heavy (non-hydrogen) atoms. The lowest BCUT2D eigenvalue weighted by Gasteiger charge is -2.31. The number of ether oxygens (including phenoxy) is 2. The van der Waals surface area contributed by atoms with Crippen LogP contribution in [0, 0.1) is 5.82 Å². The summed E-state index contributed by atoms with van der Waals surface area (Å²) in [5, 5.41) is 5.60. The van der Waals surface area contributed by atoms with Gasteiger partial charge in [-0.25, -0.2) is 12.8 Å². The molecule has 0 saturated carbocycles. The lowest BCUT2D eigenvalue weighted by molar-refractivity contribution is -0.133. The van der Waals surface area contributed by atoms with Crippen molar-refractivity contribution in [1.29, 1.82) is 0 Å². The molecule has 3 aromatic rings. The molecule has 1 fully saturated rings. The highest BCUT2D eigenvalue weighted by atomic mass is 32.2. The molecule has 4 rings (SSSR count). The van der Waals surface area contributed by atoms with E-state index in [1.807, 2.05) is 0 Å². The number of sulfone groups is 1. The summed E-state index contributed by atoms with van der Waals surface area (Å²) in [4.78, 5) is 39.5. The fraction of sp³-hybridized carbons (Fsp3) is 0.300. The van der Waals surface area contributed by atoms with Crippen molar-refractivity contribution in [3.63, 3.8) is 0 Å². The Morgan fingerprint density at radius 1 is 1.02 bits per heavy atom. The molecule has 13 heteroatoms. The first-order chi connectivity index (χ1) is 20.3. The van der Waals surface area contributed by atoms with Crippen molar-refractivity contribution in [2.24, 2.45) is 5.73 Å². The molecule has 0 unspecified atom stereocenters. The second kappa shape index (κ2) is 12.7. The first kappa shape index (κ1) is 31.3. The van der Waals surface area contributed by atoms with Crippen LogP contribution in [0.15, 0.2) is 59.5 Å². The summed E-state index contributed by atoms with van der Waals surface area (Å²) in [6.07, 6.45) is 2.09. The molecule has 0 radical (unpaired) electrons. The zero-order valence-corrected chi connectivity index (χ0v) is 25.0. The molecule has 1 aliphatic rings. The SMILES string of the molecule is COc1ccc([C@H](Nc2cc(C(N)=O)ccc2F)C(=O)N2CCC[C@@H]2c2cc(NC(C)=O)ccc2S(C)(=O)=O)cc1OC. The fourth-order valence-corrected chi connectivity index (χ4v) is 6.15. The van der Waals surface area contributed by atoms with Crippen molar-refractivity contribution < 1.29 is 36.7 Å². The number of primary amides is 1. The van der Waals surface area contributed by atoms with Crippen molar-refractivity contribution in [2.45, 2.75) is 36.7 Å². The molecule has 11 nitrogen and oxygen atoms in total. The number of nitrogens with zero attached hydrogens (tertiary/aromatic N) is 1. The van der Waals surface area contributed by atoms with Crippen molar-refractivity contribution in [3.8, 4) is 11.5 Å². The second-order valence-corrected chi connectivity index (χ2v) is 12.1. The minimum Gasteiger partial charge on any atom is -0.493 e. The van der Waals surface area contributed by atoms with Gasteiger partial charge in [0.05, 0.1) is 30.8 Å². The van der Waals surface area contributed by atoms with Gasteiger partial charge in [-0.3, -0.25) is 14.4 Å². The Bertz CT molecular complexity index is 1680. The van der Waals surface area contributed by atoms with Crippen LogP contribution in [-0.2, 0) is 19.4 Å². The standard InChI is InChI=1S/C30H33FN4O7S/c1-17(36)33-20-9-12-27(43(4,39)40)21(16-20)24-6-5-13-35(24)30(38)28(18-8-11-25(41-2)26(15-18)42-3)34-23-14-19(29(32)37)7-10-22(23)31/h7-12,14-16,24,28,34H,5-6,13H2,1-4H3,(H2,32,37)(H,33,36)/t24-,28+/m1/s1. The number of methoxy groups -OCH3 is 2. The van der Waals surface area contributed by atoms with E-state index < -0.39 is 39.6 Å². The van der Waals surface area contributed by atoms with E-state index in [0.29, 0.717) is 41.2 Å². The van der Waals surface area contributed by atoms with Gasteiger partial charge in [-0.2, -0.15) is 0 Å². The Morgan fingerprint density at radius 3 is 2.37 bits per heavy atom. The maximum absolute atomic E-state index is 15.0. The van der Waals surface area contributed by atoms with E-state index in [-0.39, 0.29) is 28.6 Å². The Hall–Kier alpha value is -4.65. The van der Waals surface area contributed by atoms with Gasteiger partial charge < -0.3 is 30.7 Å². The van der Waals surface area contributed by atoms with E-state index in [9.17, 15) is 22.8 Å². The number of carbonyl (C=O) groups excluding carboxylic acids is 3. The monoisotopic (exact) mass is 612 g/mol. The van der Waals surface area contributed by atoms with Gasteiger partial charge in [0.25, 0.3) is 0 Å². The molecular weight excluding hydrogens is 579 g/mol. The number of anilines is 2.